The van der Waals surface area contributed by atoms with Crippen LogP contribution in [0.2, 0.25) is 5.02 Å². The molecule has 0 bridgehead atoms. The van der Waals surface area contributed by atoms with Gasteiger partial charge in [0, 0.05) is 0 Å². The molecule has 0 aliphatic rings. The Labute approximate surface area is 128 Å². The molecule has 0 saturated heterocycles. The van der Waals surface area contributed by atoms with Gasteiger partial charge in [0.25, 0.3) is 0 Å². The van der Waals surface area contributed by atoms with E-state index in [0.717, 1.165) is 4.47 Å². The van der Waals surface area contributed by atoms with Crippen LogP contribution in [0.25, 0.3) is 0 Å². The summed E-state index contributed by atoms with van der Waals surface area (Å²) in [5.74, 6) is 0.863. The lowest BCUT2D eigenvalue weighted by molar-refractivity contribution is 0.103. The number of ketones is 1. The molecule has 0 unspecified atom stereocenters. The third-order valence-electron chi connectivity index (χ3n) is 2.54. The Morgan fingerprint density at radius 3 is 2.47 bits per heavy atom. The smallest absolute Gasteiger partial charge is 0.208 e. The van der Waals surface area contributed by atoms with Crippen LogP contribution in [0.5, 0.6) is 11.5 Å². The van der Waals surface area contributed by atoms with Gasteiger partial charge in [-0.3, -0.25) is 4.79 Å². The zero-order valence-electron chi connectivity index (χ0n) is 10.2. The number of halogens is 2. The molecule has 0 aliphatic carbocycles. The van der Waals surface area contributed by atoms with Crippen LogP contribution in [-0.2, 0) is 0 Å². The van der Waals surface area contributed by atoms with Crippen molar-refractivity contribution in [3.8, 4) is 11.5 Å². The lowest BCUT2D eigenvalue weighted by atomic mass is 10.1. The first-order valence-electron chi connectivity index (χ1n) is 5.27. The molecule has 0 aliphatic heterocycles. The standard InChI is InChI=1S/C13H10BrClO3S/c1-17-10-6-8(14)11(18-2)5-7(10)12(16)13-9(15)3-4-19-13/h3-6H,1-2H3. The molecule has 0 spiro atoms. The van der Waals surface area contributed by atoms with Crippen molar-refractivity contribution in [2.75, 3.05) is 14.2 Å². The summed E-state index contributed by atoms with van der Waals surface area (Å²) in [6, 6.07) is 5.04. The van der Waals surface area contributed by atoms with Gasteiger partial charge in [-0.1, -0.05) is 11.6 Å². The second-order valence-electron chi connectivity index (χ2n) is 3.61. The molecule has 1 aromatic heterocycles. The van der Waals surface area contributed by atoms with Crippen LogP contribution in [0.3, 0.4) is 0 Å². The molecule has 0 radical (unpaired) electrons. The van der Waals surface area contributed by atoms with Crippen molar-refractivity contribution in [2.45, 2.75) is 0 Å². The number of rotatable bonds is 4. The van der Waals surface area contributed by atoms with Gasteiger partial charge in [-0.15, -0.1) is 11.3 Å². The molecular weight excluding hydrogens is 352 g/mol. The average Bonchev–Trinajstić information content (AvgIpc) is 2.83. The monoisotopic (exact) mass is 360 g/mol. The second kappa shape index (κ2) is 5.94. The van der Waals surface area contributed by atoms with Crippen LogP contribution in [0.15, 0.2) is 28.1 Å². The van der Waals surface area contributed by atoms with Crippen molar-refractivity contribution < 1.29 is 14.3 Å². The Hall–Kier alpha value is -1.04. The van der Waals surface area contributed by atoms with Crippen LogP contribution in [-0.4, -0.2) is 20.0 Å². The predicted octanol–water partition coefficient (Wildman–Crippen LogP) is 4.41. The van der Waals surface area contributed by atoms with E-state index >= 15 is 0 Å². The van der Waals surface area contributed by atoms with E-state index in [1.54, 1.807) is 30.7 Å². The van der Waals surface area contributed by atoms with Gasteiger partial charge in [0.05, 0.1) is 34.2 Å². The van der Waals surface area contributed by atoms with E-state index in [1.807, 2.05) is 0 Å². The lowest BCUT2D eigenvalue weighted by Gasteiger charge is -2.11. The molecule has 0 fully saturated rings. The number of carbonyl (C=O) groups is 1. The fourth-order valence-corrected chi connectivity index (χ4v) is 3.20. The van der Waals surface area contributed by atoms with Crippen LogP contribution >= 0.6 is 38.9 Å². The van der Waals surface area contributed by atoms with Crippen molar-refractivity contribution in [1.82, 2.24) is 0 Å². The van der Waals surface area contributed by atoms with Crippen LogP contribution in [0, 0.1) is 0 Å². The first-order chi connectivity index (χ1) is 9.08. The molecule has 1 heterocycles. The highest BCUT2D eigenvalue weighted by Gasteiger charge is 2.20. The zero-order valence-corrected chi connectivity index (χ0v) is 13.4. The van der Waals surface area contributed by atoms with Gasteiger partial charge in [0.1, 0.15) is 11.5 Å². The summed E-state index contributed by atoms with van der Waals surface area (Å²) in [6.07, 6.45) is 0. The van der Waals surface area contributed by atoms with Gasteiger partial charge < -0.3 is 9.47 Å². The fourth-order valence-electron chi connectivity index (χ4n) is 1.62. The van der Waals surface area contributed by atoms with Crippen LogP contribution in [0.1, 0.15) is 15.2 Å². The maximum atomic E-state index is 12.5. The Balaban J connectivity index is 2.55. The maximum absolute atomic E-state index is 12.5. The largest absolute Gasteiger partial charge is 0.496 e. The molecule has 0 N–H and O–H groups in total. The van der Waals surface area contributed by atoms with Crippen molar-refractivity contribution >= 4 is 44.7 Å². The minimum Gasteiger partial charge on any atom is -0.496 e. The van der Waals surface area contributed by atoms with Crippen molar-refractivity contribution in [3.63, 3.8) is 0 Å². The van der Waals surface area contributed by atoms with Crippen molar-refractivity contribution in [2.24, 2.45) is 0 Å². The molecule has 2 rings (SSSR count). The van der Waals surface area contributed by atoms with Gasteiger partial charge in [-0.25, -0.2) is 0 Å². The predicted molar refractivity (Wildman–Crippen MR) is 80.0 cm³/mol. The normalized spacial score (nSPS) is 10.3. The molecule has 0 atom stereocenters. The molecule has 2 aromatic rings. The summed E-state index contributed by atoms with van der Waals surface area (Å²) in [7, 11) is 3.06. The number of hydrogen-bond donors (Lipinski definition) is 0. The summed E-state index contributed by atoms with van der Waals surface area (Å²) in [5.41, 5.74) is 0.423. The highest BCUT2D eigenvalue weighted by atomic mass is 79.9. The number of thiophene rings is 1. The highest BCUT2D eigenvalue weighted by Crippen LogP contribution is 2.35. The van der Waals surface area contributed by atoms with Crippen molar-refractivity contribution in [3.05, 3.63) is 43.5 Å². The summed E-state index contributed by atoms with van der Waals surface area (Å²) < 4.78 is 11.2. The molecule has 1 aromatic carbocycles. The maximum Gasteiger partial charge on any atom is 0.208 e. The van der Waals surface area contributed by atoms with Gasteiger partial charge in [-0.2, -0.15) is 0 Å². The van der Waals surface area contributed by atoms with Crippen LogP contribution in [0.4, 0.5) is 0 Å². The molecule has 0 saturated carbocycles. The minimum absolute atomic E-state index is 0.178. The van der Waals surface area contributed by atoms with Crippen molar-refractivity contribution in [1.29, 1.82) is 0 Å². The number of hydrogen-bond acceptors (Lipinski definition) is 4. The second-order valence-corrected chi connectivity index (χ2v) is 5.79. The third-order valence-corrected chi connectivity index (χ3v) is 4.50. The Kier molecular flexibility index (Phi) is 4.50. The summed E-state index contributed by atoms with van der Waals surface area (Å²) >= 11 is 10.6. The van der Waals surface area contributed by atoms with E-state index in [9.17, 15) is 4.79 Å². The first-order valence-corrected chi connectivity index (χ1v) is 7.32. The fraction of sp³-hybridized carbons (Fsp3) is 0.154. The Morgan fingerprint density at radius 1 is 1.26 bits per heavy atom. The van der Waals surface area contributed by atoms with E-state index in [0.29, 0.717) is 27.0 Å². The lowest BCUT2D eigenvalue weighted by Crippen LogP contribution is -2.03. The molecule has 6 heteroatoms. The van der Waals surface area contributed by atoms with E-state index in [-0.39, 0.29) is 5.78 Å². The topological polar surface area (TPSA) is 35.5 Å². The quantitative estimate of drug-likeness (QED) is 0.757. The zero-order chi connectivity index (χ0) is 14.0. The van der Waals surface area contributed by atoms with E-state index < -0.39 is 0 Å². The van der Waals surface area contributed by atoms with E-state index in [2.05, 4.69) is 15.9 Å². The highest BCUT2D eigenvalue weighted by molar-refractivity contribution is 9.10. The molecule has 3 nitrogen and oxygen atoms in total. The summed E-state index contributed by atoms with van der Waals surface area (Å²) in [5, 5.41) is 2.22. The molecule has 100 valence electrons. The van der Waals surface area contributed by atoms with Gasteiger partial charge in [-0.05, 0) is 39.5 Å². The Bertz CT molecular complexity index is 624. The number of carbonyl (C=O) groups excluding carboxylic acids is 1. The molecule has 0 amide bonds. The summed E-state index contributed by atoms with van der Waals surface area (Å²) in [4.78, 5) is 13.0. The third kappa shape index (κ3) is 2.78. The van der Waals surface area contributed by atoms with Gasteiger partial charge in [0.2, 0.25) is 5.78 Å². The molecule has 19 heavy (non-hydrogen) atoms. The van der Waals surface area contributed by atoms with Crippen LogP contribution < -0.4 is 9.47 Å². The Morgan fingerprint density at radius 2 is 1.95 bits per heavy atom. The number of benzene rings is 1. The van der Waals surface area contributed by atoms with E-state index in [1.165, 1.54) is 18.4 Å². The molecular formula is C13H10BrClO3S. The first kappa shape index (κ1) is 14.4. The van der Waals surface area contributed by atoms with Gasteiger partial charge >= 0.3 is 0 Å². The number of methoxy groups -OCH3 is 2. The van der Waals surface area contributed by atoms with E-state index in [4.69, 9.17) is 21.1 Å². The summed E-state index contributed by atoms with van der Waals surface area (Å²) in [6.45, 7) is 0. The van der Waals surface area contributed by atoms with Gasteiger partial charge in [0.15, 0.2) is 0 Å². The SMILES string of the molecule is COc1cc(C(=O)c2sccc2Cl)c(OC)cc1Br. The minimum atomic E-state index is -0.178. The number of ether oxygens (including phenoxy) is 2. The average molecular weight is 362 g/mol.